The topological polar surface area (TPSA) is 35.5 Å². The molecule has 0 aromatic rings. The number of allylic oxidation sites excluding steroid dienone is 2. The first kappa shape index (κ1) is 11.5. The molecule has 90 valence electrons. The average Bonchev–Trinajstić information content (AvgIpc) is 2.85. The van der Waals surface area contributed by atoms with Gasteiger partial charge >= 0.3 is 6.16 Å². The van der Waals surface area contributed by atoms with E-state index < -0.39 is 6.16 Å². The second kappa shape index (κ2) is 4.89. The van der Waals surface area contributed by atoms with Gasteiger partial charge < -0.3 is 9.47 Å². The maximum atomic E-state index is 11.1. The Bertz CT molecular complexity index is 296. The minimum atomic E-state index is -0.517. The van der Waals surface area contributed by atoms with Crippen LogP contribution in [0, 0.1) is 17.8 Å². The number of carbonyl (C=O) groups excluding carboxylic acids is 1. The lowest BCUT2D eigenvalue weighted by Crippen LogP contribution is -2.20. The molecule has 2 saturated carbocycles. The molecule has 0 amide bonds. The third-order valence-electron chi connectivity index (χ3n) is 3.91. The second-order valence-corrected chi connectivity index (χ2v) is 4.75. The third-order valence-corrected chi connectivity index (χ3v) is 3.91. The van der Waals surface area contributed by atoms with Crippen molar-refractivity contribution >= 4 is 6.16 Å². The predicted molar refractivity (Wildman–Crippen MR) is 61.1 cm³/mol. The molecular weight excluding hydrogens is 204 g/mol. The minimum Gasteiger partial charge on any atom is -0.435 e. The highest BCUT2D eigenvalue weighted by Gasteiger charge is 2.42. The van der Waals surface area contributed by atoms with Gasteiger partial charge in [-0.3, -0.25) is 0 Å². The molecular formula is C13H20O3. The number of rotatable bonds is 3. The summed E-state index contributed by atoms with van der Waals surface area (Å²) in [7, 11) is 0. The van der Waals surface area contributed by atoms with E-state index in [9.17, 15) is 4.79 Å². The largest absolute Gasteiger partial charge is 0.508 e. The summed E-state index contributed by atoms with van der Waals surface area (Å²) >= 11 is 0. The SMILES string of the molecule is C/C=C1\CC2CC1CC2COC(=O)OCC. The smallest absolute Gasteiger partial charge is 0.435 e. The lowest BCUT2D eigenvalue weighted by atomic mass is 9.86. The van der Waals surface area contributed by atoms with Gasteiger partial charge in [0, 0.05) is 0 Å². The number of fused-ring (bicyclic) bond motifs is 2. The van der Waals surface area contributed by atoms with E-state index in [1.165, 1.54) is 19.3 Å². The van der Waals surface area contributed by atoms with Crippen molar-refractivity contribution < 1.29 is 14.3 Å². The van der Waals surface area contributed by atoms with Gasteiger partial charge in [0.25, 0.3) is 0 Å². The molecule has 2 aliphatic carbocycles. The van der Waals surface area contributed by atoms with Gasteiger partial charge in [-0.25, -0.2) is 4.79 Å². The summed E-state index contributed by atoms with van der Waals surface area (Å²) in [6, 6.07) is 0. The summed E-state index contributed by atoms with van der Waals surface area (Å²) in [6.07, 6.45) is 5.42. The summed E-state index contributed by atoms with van der Waals surface area (Å²) in [4.78, 5) is 11.1. The zero-order valence-corrected chi connectivity index (χ0v) is 10.1. The zero-order chi connectivity index (χ0) is 11.5. The summed E-state index contributed by atoms with van der Waals surface area (Å²) in [5, 5.41) is 0. The Balaban J connectivity index is 1.76. The summed E-state index contributed by atoms with van der Waals surface area (Å²) in [5.74, 6) is 2.04. The highest BCUT2D eigenvalue weighted by molar-refractivity contribution is 5.59. The molecule has 2 aliphatic rings. The molecule has 0 spiro atoms. The summed E-state index contributed by atoms with van der Waals surface area (Å²) in [6.45, 7) is 4.84. The van der Waals surface area contributed by atoms with Crippen LogP contribution in [0.15, 0.2) is 11.6 Å². The van der Waals surface area contributed by atoms with Gasteiger partial charge in [0.2, 0.25) is 0 Å². The van der Waals surface area contributed by atoms with Gasteiger partial charge in [-0.1, -0.05) is 11.6 Å². The van der Waals surface area contributed by atoms with Crippen molar-refractivity contribution in [1.29, 1.82) is 0 Å². The number of carbonyl (C=O) groups is 1. The fourth-order valence-corrected chi connectivity index (χ4v) is 3.13. The van der Waals surface area contributed by atoms with E-state index in [4.69, 9.17) is 9.47 Å². The van der Waals surface area contributed by atoms with E-state index in [1.807, 2.05) is 0 Å². The molecule has 3 heteroatoms. The first-order chi connectivity index (χ1) is 7.74. The van der Waals surface area contributed by atoms with Crippen LogP contribution in [0.2, 0.25) is 0 Å². The quantitative estimate of drug-likeness (QED) is 0.545. The van der Waals surface area contributed by atoms with E-state index in [0.29, 0.717) is 19.1 Å². The molecule has 2 bridgehead atoms. The van der Waals surface area contributed by atoms with Gasteiger partial charge in [0.05, 0.1) is 13.2 Å². The van der Waals surface area contributed by atoms with Crippen molar-refractivity contribution in [2.45, 2.75) is 33.1 Å². The lowest BCUT2D eigenvalue weighted by Gasteiger charge is -2.22. The number of hydrogen-bond donors (Lipinski definition) is 0. The molecule has 0 saturated heterocycles. The second-order valence-electron chi connectivity index (χ2n) is 4.75. The van der Waals surface area contributed by atoms with Crippen molar-refractivity contribution in [2.24, 2.45) is 17.8 Å². The maximum absolute atomic E-state index is 11.1. The normalized spacial score (nSPS) is 34.4. The maximum Gasteiger partial charge on any atom is 0.508 e. The van der Waals surface area contributed by atoms with Gasteiger partial charge in [-0.15, -0.1) is 0 Å². The molecule has 16 heavy (non-hydrogen) atoms. The fraction of sp³-hybridized carbons (Fsp3) is 0.769. The Kier molecular flexibility index (Phi) is 3.52. The molecule has 0 aliphatic heterocycles. The number of hydrogen-bond acceptors (Lipinski definition) is 3. The molecule has 0 radical (unpaired) electrons. The van der Waals surface area contributed by atoms with Crippen LogP contribution < -0.4 is 0 Å². The molecule has 3 unspecified atom stereocenters. The monoisotopic (exact) mass is 224 g/mol. The first-order valence-electron chi connectivity index (χ1n) is 6.19. The molecule has 0 aromatic heterocycles. The van der Waals surface area contributed by atoms with Crippen LogP contribution in [0.4, 0.5) is 4.79 Å². The standard InChI is InChI=1S/C13H20O3/c1-3-9-5-11-6-10(9)7-12(11)8-16-13(14)15-4-2/h3,10-12H,4-8H2,1-2H3/b9-3+. The van der Waals surface area contributed by atoms with Crippen LogP contribution in [0.25, 0.3) is 0 Å². The van der Waals surface area contributed by atoms with E-state index >= 15 is 0 Å². The molecule has 0 heterocycles. The van der Waals surface area contributed by atoms with Crippen LogP contribution in [0.5, 0.6) is 0 Å². The minimum absolute atomic E-state index is 0.387. The molecule has 0 aromatic carbocycles. The Labute approximate surface area is 96.8 Å². The highest BCUT2D eigenvalue weighted by Crippen LogP contribution is 2.51. The van der Waals surface area contributed by atoms with Gasteiger partial charge in [-0.2, -0.15) is 0 Å². The molecule has 2 rings (SSSR count). The number of ether oxygens (including phenoxy) is 2. The predicted octanol–water partition coefficient (Wildman–Crippen LogP) is 3.15. The van der Waals surface area contributed by atoms with Gasteiger partial charge in [0.1, 0.15) is 0 Å². The van der Waals surface area contributed by atoms with Gasteiger partial charge in [-0.05, 0) is 50.9 Å². The van der Waals surface area contributed by atoms with Crippen LogP contribution in [-0.2, 0) is 9.47 Å². The Morgan fingerprint density at radius 2 is 2.25 bits per heavy atom. The van der Waals surface area contributed by atoms with Crippen molar-refractivity contribution in [1.82, 2.24) is 0 Å². The van der Waals surface area contributed by atoms with Crippen LogP contribution in [0.3, 0.4) is 0 Å². The van der Waals surface area contributed by atoms with Crippen molar-refractivity contribution in [3.05, 3.63) is 11.6 Å². The molecule has 3 atom stereocenters. The van der Waals surface area contributed by atoms with Gasteiger partial charge in [0.15, 0.2) is 0 Å². The van der Waals surface area contributed by atoms with Crippen LogP contribution in [-0.4, -0.2) is 19.4 Å². The fourth-order valence-electron chi connectivity index (χ4n) is 3.13. The van der Waals surface area contributed by atoms with Crippen molar-refractivity contribution in [3.63, 3.8) is 0 Å². The molecule has 2 fully saturated rings. The van der Waals surface area contributed by atoms with Crippen LogP contribution >= 0.6 is 0 Å². The Morgan fingerprint density at radius 3 is 2.81 bits per heavy atom. The molecule has 3 nitrogen and oxygen atoms in total. The first-order valence-corrected chi connectivity index (χ1v) is 6.19. The summed E-state index contributed by atoms with van der Waals surface area (Å²) in [5.41, 5.74) is 1.61. The van der Waals surface area contributed by atoms with E-state index in [1.54, 1.807) is 12.5 Å². The third kappa shape index (κ3) is 2.23. The summed E-state index contributed by atoms with van der Waals surface area (Å²) < 4.78 is 9.86. The lowest BCUT2D eigenvalue weighted by molar-refractivity contribution is 0.0418. The Morgan fingerprint density at radius 1 is 1.44 bits per heavy atom. The van der Waals surface area contributed by atoms with Crippen LogP contribution in [0.1, 0.15) is 33.1 Å². The highest BCUT2D eigenvalue weighted by atomic mass is 16.7. The average molecular weight is 224 g/mol. The zero-order valence-electron chi connectivity index (χ0n) is 10.1. The van der Waals surface area contributed by atoms with Crippen molar-refractivity contribution in [2.75, 3.05) is 13.2 Å². The van der Waals surface area contributed by atoms with E-state index in [-0.39, 0.29) is 0 Å². The van der Waals surface area contributed by atoms with Crippen molar-refractivity contribution in [3.8, 4) is 0 Å². The molecule has 0 N–H and O–H groups in total. The van der Waals surface area contributed by atoms with E-state index in [2.05, 4.69) is 13.0 Å². The Hall–Kier alpha value is -0.990. The van der Waals surface area contributed by atoms with E-state index in [0.717, 1.165) is 11.8 Å².